The molecule has 0 saturated carbocycles. The molecule has 5 nitrogen and oxygen atoms in total. The first-order valence-electron chi connectivity index (χ1n) is 9.06. The molecule has 2 amide bonds. The molecular formula is C22H22N2O3. The summed E-state index contributed by atoms with van der Waals surface area (Å²) in [6.45, 7) is 6.19. The summed E-state index contributed by atoms with van der Waals surface area (Å²) in [5.74, 6) is -0.367. The van der Waals surface area contributed by atoms with Gasteiger partial charge in [-0.25, -0.2) is 4.98 Å². The van der Waals surface area contributed by atoms with Crippen LogP contribution in [0.1, 0.15) is 57.5 Å². The number of nitrogens with zero attached hydrogens (tertiary/aromatic N) is 2. The Morgan fingerprint density at radius 2 is 1.67 bits per heavy atom. The van der Waals surface area contributed by atoms with E-state index >= 15 is 0 Å². The van der Waals surface area contributed by atoms with Crippen LogP contribution >= 0.6 is 0 Å². The molecule has 1 aliphatic heterocycles. The summed E-state index contributed by atoms with van der Waals surface area (Å²) >= 11 is 0. The van der Waals surface area contributed by atoms with Crippen molar-refractivity contribution in [1.82, 2.24) is 9.88 Å². The lowest BCUT2D eigenvalue weighted by Crippen LogP contribution is -2.34. The highest BCUT2D eigenvalue weighted by molar-refractivity contribution is 6.21. The number of aromatic nitrogens is 1. The minimum Gasteiger partial charge on any atom is -0.448 e. The Morgan fingerprint density at radius 1 is 1.00 bits per heavy atom. The number of rotatable bonds is 4. The first kappa shape index (κ1) is 18.6. The minimum absolute atomic E-state index is 0.191. The van der Waals surface area contributed by atoms with E-state index in [0.29, 0.717) is 17.0 Å². The van der Waals surface area contributed by atoms with Crippen LogP contribution in [0.4, 0.5) is 0 Å². The molecule has 2 aromatic carbocycles. The lowest BCUT2D eigenvalue weighted by molar-refractivity contribution is 0.0646. The van der Waals surface area contributed by atoms with Crippen molar-refractivity contribution in [2.45, 2.75) is 26.7 Å². The van der Waals surface area contributed by atoms with Crippen LogP contribution in [-0.4, -0.2) is 28.2 Å². The maximum Gasteiger partial charge on any atom is 0.261 e. The van der Waals surface area contributed by atoms with Gasteiger partial charge in [-0.2, -0.15) is 0 Å². The van der Waals surface area contributed by atoms with Crippen LogP contribution in [0.2, 0.25) is 0 Å². The first-order valence-corrected chi connectivity index (χ1v) is 9.06. The maximum absolute atomic E-state index is 12.7. The van der Waals surface area contributed by atoms with E-state index in [1.54, 1.807) is 30.5 Å². The summed E-state index contributed by atoms with van der Waals surface area (Å²) in [7, 11) is 0. The van der Waals surface area contributed by atoms with Crippen molar-refractivity contribution in [1.29, 1.82) is 0 Å². The third kappa shape index (κ3) is 3.53. The van der Waals surface area contributed by atoms with Gasteiger partial charge >= 0.3 is 0 Å². The van der Waals surface area contributed by atoms with Crippen molar-refractivity contribution in [3.05, 3.63) is 89.1 Å². The van der Waals surface area contributed by atoms with Gasteiger partial charge in [-0.15, -0.1) is 0 Å². The van der Waals surface area contributed by atoms with E-state index in [9.17, 15) is 9.59 Å². The zero-order valence-electron chi connectivity index (χ0n) is 15.7. The van der Waals surface area contributed by atoms with Crippen molar-refractivity contribution in [3.8, 4) is 0 Å². The van der Waals surface area contributed by atoms with E-state index in [2.05, 4.69) is 4.98 Å². The second kappa shape index (κ2) is 7.99. The van der Waals surface area contributed by atoms with E-state index in [4.69, 9.17) is 4.42 Å². The summed E-state index contributed by atoms with van der Waals surface area (Å²) < 4.78 is 5.49. The van der Waals surface area contributed by atoms with Gasteiger partial charge in [0.1, 0.15) is 6.26 Å². The number of benzene rings is 2. The van der Waals surface area contributed by atoms with Gasteiger partial charge in [-0.05, 0) is 24.6 Å². The Balaban J connectivity index is 0.00000102. The molecule has 2 heterocycles. The Kier molecular flexibility index (Phi) is 5.50. The van der Waals surface area contributed by atoms with Gasteiger partial charge in [-0.3, -0.25) is 14.5 Å². The predicted molar refractivity (Wildman–Crippen MR) is 103 cm³/mol. The molecule has 0 bridgehead atoms. The molecular weight excluding hydrogens is 340 g/mol. The van der Waals surface area contributed by atoms with Gasteiger partial charge in [0.05, 0.1) is 23.2 Å². The lowest BCUT2D eigenvalue weighted by Gasteiger charge is -2.21. The Bertz CT molecular complexity index is 913. The molecule has 0 spiro atoms. The summed E-state index contributed by atoms with van der Waals surface area (Å²) in [5.41, 5.74) is 2.95. The molecule has 0 aliphatic carbocycles. The number of carbonyl (C=O) groups is 2. The average molecular weight is 362 g/mol. The van der Waals surface area contributed by atoms with Gasteiger partial charge in [0.15, 0.2) is 0 Å². The molecule has 4 rings (SSSR count). The highest BCUT2D eigenvalue weighted by atomic mass is 16.3. The molecule has 1 unspecified atom stereocenters. The Hall–Kier alpha value is -3.21. The molecule has 0 fully saturated rings. The molecule has 0 radical (unpaired) electrons. The number of oxazole rings is 1. The molecule has 5 heteroatoms. The average Bonchev–Trinajstić information content (AvgIpc) is 3.31. The van der Waals surface area contributed by atoms with Crippen molar-refractivity contribution >= 4 is 11.8 Å². The van der Waals surface area contributed by atoms with Crippen molar-refractivity contribution < 1.29 is 14.0 Å². The quantitative estimate of drug-likeness (QED) is 0.644. The fourth-order valence-corrected chi connectivity index (χ4v) is 3.21. The predicted octanol–water partition coefficient (Wildman–Crippen LogP) is 4.44. The van der Waals surface area contributed by atoms with Crippen LogP contribution in [0.3, 0.4) is 0 Å². The summed E-state index contributed by atoms with van der Waals surface area (Å²) in [6.07, 6.45) is 3.07. The second-order valence-electron chi connectivity index (χ2n) is 6.10. The highest BCUT2D eigenvalue weighted by Crippen LogP contribution is 2.30. The zero-order chi connectivity index (χ0) is 19.4. The van der Waals surface area contributed by atoms with Crippen LogP contribution in [0.15, 0.2) is 65.4 Å². The number of amides is 2. The Morgan fingerprint density at radius 3 is 2.22 bits per heavy atom. The van der Waals surface area contributed by atoms with E-state index in [1.807, 2.05) is 45.0 Å². The first-order chi connectivity index (χ1) is 13.1. The van der Waals surface area contributed by atoms with Crippen LogP contribution in [0.5, 0.6) is 0 Å². The van der Waals surface area contributed by atoms with Crippen LogP contribution < -0.4 is 0 Å². The second-order valence-corrected chi connectivity index (χ2v) is 6.10. The lowest BCUT2D eigenvalue weighted by atomic mass is 9.96. The van der Waals surface area contributed by atoms with Crippen molar-refractivity contribution in [2.24, 2.45) is 0 Å². The van der Waals surface area contributed by atoms with Crippen molar-refractivity contribution in [2.75, 3.05) is 6.54 Å². The monoisotopic (exact) mass is 362 g/mol. The molecule has 0 saturated heterocycles. The number of imide groups is 1. The summed E-state index contributed by atoms with van der Waals surface area (Å²) in [5, 5.41) is 0. The summed E-state index contributed by atoms with van der Waals surface area (Å²) in [4.78, 5) is 30.9. The number of hydrogen-bond acceptors (Lipinski definition) is 4. The Labute approximate surface area is 158 Å². The molecule has 1 atom stereocenters. The maximum atomic E-state index is 12.7. The van der Waals surface area contributed by atoms with Gasteiger partial charge < -0.3 is 4.42 Å². The van der Waals surface area contributed by atoms with Gasteiger partial charge in [0.25, 0.3) is 11.8 Å². The van der Waals surface area contributed by atoms with Gasteiger partial charge in [0, 0.05) is 6.54 Å². The number of carbonyl (C=O) groups excluding carboxylic acids is 2. The molecule has 0 N–H and O–H groups in total. The van der Waals surface area contributed by atoms with E-state index < -0.39 is 0 Å². The largest absolute Gasteiger partial charge is 0.448 e. The number of aryl methyl sites for hydroxylation is 1. The van der Waals surface area contributed by atoms with Crippen LogP contribution in [0, 0.1) is 6.92 Å². The topological polar surface area (TPSA) is 63.4 Å². The molecule has 27 heavy (non-hydrogen) atoms. The standard InChI is InChI=1S/C20H16N2O3.C2H6/c1-13-5-4-6-14(11-13)17(18-21-9-10-25-18)12-22-19(23)15-7-2-3-8-16(15)20(22)24;1-2/h2-11,17H,12H2,1H3;1-2H3. The molecule has 1 aromatic heterocycles. The van der Waals surface area contributed by atoms with Gasteiger partial charge in [0.2, 0.25) is 5.89 Å². The number of hydrogen-bond donors (Lipinski definition) is 0. The smallest absolute Gasteiger partial charge is 0.261 e. The fourth-order valence-electron chi connectivity index (χ4n) is 3.21. The molecule has 1 aliphatic rings. The van der Waals surface area contributed by atoms with Gasteiger partial charge in [-0.1, -0.05) is 55.8 Å². The summed E-state index contributed by atoms with van der Waals surface area (Å²) in [6, 6.07) is 14.8. The number of fused-ring (bicyclic) bond motifs is 1. The highest BCUT2D eigenvalue weighted by Gasteiger charge is 2.37. The minimum atomic E-state index is -0.308. The van der Waals surface area contributed by atoms with E-state index in [1.165, 1.54) is 11.2 Å². The van der Waals surface area contributed by atoms with E-state index in [-0.39, 0.29) is 24.3 Å². The van der Waals surface area contributed by atoms with Crippen molar-refractivity contribution in [3.63, 3.8) is 0 Å². The third-order valence-corrected chi connectivity index (χ3v) is 4.44. The fraction of sp³-hybridized carbons (Fsp3) is 0.227. The third-order valence-electron chi connectivity index (χ3n) is 4.44. The van der Waals surface area contributed by atoms with E-state index in [0.717, 1.165) is 11.1 Å². The normalized spacial score (nSPS) is 13.8. The molecule has 3 aromatic rings. The zero-order valence-corrected chi connectivity index (χ0v) is 15.7. The molecule has 138 valence electrons. The SMILES string of the molecule is CC.Cc1cccc(C(CN2C(=O)c3ccccc3C2=O)c2ncco2)c1. The van der Waals surface area contributed by atoms with Crippen LogP contribution in [0.25, 0.3) is 0 Å². The van der Waals surface area contributed by atoms with Crippen LogP contribution in [-0.2, 0) is 0 Å².